The van der Waals surface area contributed by atoms with E-state index in [1.807, 2.05) is 0 Å². The van der Waals surface area contributed by atoms with Crippen molar-refractivity contribution in [1.29, 1.82) is 0 Å². The molecule has 2 heteroatoms. The van der Waals surface area contributed by atoms with Gasteiger partial charge in [-0.25, -0.2) is 0 Å². The Morgan fingerprint density at radius 1 is 1.71 bits per heavy atom. The Kier molecular flexibility index (Phi) is 9.18. The summed E-state index contributed by atoms with van der Waals surface area (Å²) in [6.07, 6.45) is 1.36. The molecule has 0 atom stereocenters. The molecule has 0 aliphatic heterocycles. The van der Waals surface area contributed by atoms with E-state index in [-0.39, 0.29) is 24.3 Å². The SMILES string of the molecule is [CH2-]CCC(C)=O.[V]. The molecule has 7 heavy (non-hydrogen) atoms. The van der Waals surface area contributed by atoms with Gasteiger partial charge in [0.15, 0.2) is 0 Å². The molecule has 0 saturated heterocycles. The van der Waals surface area contributed by atoms with Crippen molar-refractivity contribution in [2.24, 2.45) is 0 Å². The van der Waals surface area contributed by atoms with Crippen LogP contribution in [-0.2, 0) is 23.4 Å². The molecule has 41 valence electrons. The third-order valence-corrected chi connectivity index (χ3v) is 0.529. The van der Waals surface area contributed by atoms with Crippen LogP contribution in [0, 0.1) is 6.92 Å². The van der Waals surface area contributed by atoms with Gasteiger partial charge in [-0.2, -0.15) is 6.42 Å². The number of hydrogen-bond acceptors (Lipinski definition) is 1. The quantitative estimate of drug-likeness (QED) is 0.521. The van der Waals surface area contributed by atoms with Gasteiger partial charge in [0.05, 0.1) is 0 Å². The van der Waals surface area contributed by atoms with Gasteiger partial charge in [0.25, 0.3) is 0 Å². The van der Waals surface area contributed by atoms with Crippen LogP contribution < -0.4 is 0 Å². The summed E-state index contributed by atoms with van der Waals surface area (Å²) in [5, 5.41) is 0. The normalized spacial score (nSPS) is 7.14. The maximum atomic E-state index is 10.0. The number of carbonyl (C=O) groups excluding carboxylic acids is 1. The van der Waals surface area contributed by atoms with Crippen molar-refractivity contribution in [2.75, 3.05) is 0 Å². The molecule has 0 N–H and O–H groups in total. The zero-order chi connectivity index (χ0) is 4.99. The monoisotopic (exact) mass is 136 g/mol. The van der Waals surface area contributed by atoms with E-state index in [1.54, 1.807) is 6.92 Å². The van der Waals surface area contributed by atoms with Gasteiger partial charge in [0.1, 0.15) is 5.78 Å². The Morgan fingerprint density at radius 2 is 2.14 bits per heavy atom. The van der Waals surface area contributed by atoms with Crippen LogP contribution in [-0.4, -0.2) is 5.78 Å². The van der Waals surface area contributed by atoms with Crippen molar-refractivity contribution < 1.29 is 23.4 Å². The first-order chi connectivity index (χ1) is 2.77. The fourth-order valence-corrected chi connectivity index (χ4v) is 0.249. The number of ketones is 1. The third-order valence-electron chi connectivity index (χ3n) is 0.529. The first-order valence-electron chi connectivity index (χ1n) is 2.06. The van der Waals surface area contributed by atoms with E-state index in [4.69, 9.17) is 0 Å². The van der Waals surface area contributed by atoms with Gasteiger partial charge in [-0.05, 0) is 13.3 Å². The number of hydrogen-bond donors (Lipinski definition) is 0. The van der Waals surface area contributed by atoms with E-state index in [0.29, 0.717) is 6.42 Å². The minimum absolute atomic E-state index is 0. The van der Waals surface area contributed by atoms with Gasteiger partial charge in [0.2, 0.25) is 0 Å². The average Bonchev–Trinajstić information content (AvgIpc) is 1.35. The van der Waals surface area contributed by atoms with E-state index in [0.717, 1.165) is 6.42 Å². The smallest absolute Gasteiger partial charge is 0.127 e. The largest absolute Gasteiger partial charge is 0.343 e. The summed E-state index contributed by atoms with van der Waals surface area (Å²) >= 11 is 0. The van der Waals surface area contributed by atoms with Crippen molar-refractivity contribution in [3.05, 3.63) is 6.92 Å². The van der Waals surface area contributed by atoms with E-state index in [2.05, 4.69) is 6.92 Å². The fraction of sp³-hybridized carbons (Fsp3) is 0.600. The third kappa shape index (κ3) is 10.7. The molecule has 0 spiro atoms. The molecule has 0 unspecified atom stereocenters. The van der Waals surface area contributed by atoms with Gasteiger partial charge in [-0.15, -0.1) is 0 Å². The zero-order valence-electron chi connectivity index (χ0n) is 4.48. The van der Waals surface area contributed by atoms with Crippen molar-refractivity contribution in [2.45, 2.75) is 19.8 Å². The predicted octanol–water partition coefficient (Wildman–Crippen LogP) is 1.19. The maximum absolute atomic E-state index is 10.0. The Hall–Kier alpha value is 0.254. The summed E-state index contributed by atoms with van der Waals surface area (Å²) in [6, 6.07) is 0. The van der Waals surface area contributed by atoms with Gasteiger partial charge in [-0.3, -0.25) is 0 Å². The van der Waals surface area contributed by atoms with E-state index >= 15 is 0 Å². The van der Waals surface area contributed by atoms with Crippen molar-refractivity contribution in [3.63, 3.8) is 0 Å². The van der Waals surface area contributed by atoms with Crippen LogP contribution in [0.3, 0.4) is 0 Å². The number of rotatable bonds is 2. The molecule has 0 aliphatic carbocycles. The van der Waals surface area contributed by atoms with Crippen LogP contribution in [0.5, 0.6) is 0 Å². The van der Waals surface area contributed by atoms with Gasteiger partial charge in [-0.1, -0.05) is 0 Å². The number of carbonyl (C=O) groups is 1. The molecule has 0 aromatic heterocycles. The minimum Gasteiger partial charge on any atom is -0.343 e. The molecule has 0 aromatic carbocycles. The molecule has 0 aromatic rings. The van der Waals surface area contributed by atoms with Gasteiger partial charge < -0.3 is 11.7 Å². The molecule has 0 aliphatic rings. The van der Waals surface area contributed by atoms with Gasteiger partial charge in [0, 0.05) is 18.6 Å². The van der Waals surface area contributed by atoms with Crippen LogP contribution >= 0.6 is 0 Å². The second-order valence-corrected chi connectivity index (χ2v) is 1.31. The van der Waals surface area contributed by atoms with E-state index < -0.39 is 0 Å². The molecule has 0 rings (SSSR count). The van der Waals surface area contributed by atoms with Crippen LogP contribution in [0.2, 0.25) is 0 Å². The zero-order valence-corrected chi connectivity index (χ0v) is 5.87. The summed E-state index contributed by atoms with van der Waals surface area (Å²) in [7, 11) is 0. The topological polar surface area (TPSA) is 17.1 Å². The predicted molar refractivity (Wildman–Crippen MR) is 25.3 cm³/mol. The molecular weight excluding hydrogens is 127 g/mol. The summed E-state index contributed by atoms with van der Waals surface area (Å²) in [5.74, 6) is 0.227. The second-order valence-electron chi connectivity index (χ2n) is 1.31. The molecule has 0 amide bonds. The summed E-state index contributed by atoms with van der Waals surface area (Å²) < 4.78 is 0. The Morgan fingerprint density at radius 3 is 2.14 bits per heavy atom. The minimum atomic E-state index is 0. The average molecular weight is 136 g/mol. The van der Waals surface area contributed by atoms with Crippen molar-refractivity contribution in [3.8, 4) is 0 Å². The van der Waals surface area contributed by atoms with Crippen molar-refractivity contribution >= 4 is 5.78 Å². The molecular formula is C5H9OV-. The van der Waals surface area contributed by atoms with Crippen LogP contribution in [0.25, 0.3) is 0 Å². The molecule has 0 heterocycles. The second kappa shape index (κ2) is 6.25. The van der Waals surface area contributed by atoms with Crippen molar-refractivity contribution in [1.82, 2.24) is 0 Å². The molecule has 1 nitrogen and oxygen atoms in total. The molecule has 0 fully saturated rings. The summed E-state index contributed by atoms with van der Waals surface area (Å²) in [5.41, 5.74) is 0. The van der Waals surface area contributed by atoms with E-state index in [1.165, 1.54) is 0 Å². The van der Waals surface area contributed by atoms with Crippen LogP contribution in [0.15, 0.2) is 0 Å². The van der Waals surface area contributed by atoms with E-state index in [9.17, 15) is 4.79 Å². The first kappa shape index (κ1) is 10.3. The molecule has 0 saturated carbocycles. The first-order valence-corrected chi connectivity index (χ1v) is 2.06. The molecule has 0 bridgehead atoms. The maximum Gasteiger partial charge on any atom is 0.127 e. The Balaban J connectivity index is 0. The van der Waals surface area contributed by atoms with Crippen LogP contribution in [0.4, 0.5) is 0 Å². The summed E-state index contributed by atoms with van der Waals surface area (Å²) in [6.45, 7) is 5.08. The molecule has 1 radical (unpaired) electrons. The summed E-state index contributed by atoms with van der Waals surface area (Å²) in [4.78, 5) is 10.0. The van der Waals surface area contributed by atoms with Crippen LogP contribution in [0.1, 0.15) is 19.8 Å². The Bertz CT molecular complexity index is 52.0. The number of Topliss-reactive ketones (excluding diaryl/α,β-unsaturated/α-hetero) is 1. The Labute approximate surface area is 56.4 Å². The fourth-order valence-electron chi connectivity index (χ4n) is 0.249. The van der Waals surface area contributed by atoms with Gasteiger partial charge >= 0.3 is 0 Å². The standard InChI is InChI=1S/C5H9O.V/c1-3-4-5(2)6;/h1,3-4H2,2H3;/q-1;.